The van der Waals surface area contributed by atoms with Crippen LogP contribution < -0.4 is 14.8 Å². The van der Waals surface area contributed by atoms with Gasteiger partial charge in [-0.3, -0.25) is 4.79 Å². The Morgan fingerprint density at radius 1 is 1.00 bits per heavy atom. The highest BCUT2D eigenvalue weighted by Gasteiger charge is 2.38. The van der Waals surface area contributed by atoms with Crippen molar-refractivity contribution in [3.8, 4) is 11.5 Å². The number of unbranched alkanes of at least 4 members (excludes halogenated alkanes) is 1. The molecule has 2 aromatic rings. The van der Waals surface area contributed by atoms with Crippen LogP contribution in [-0.2, 0) is 20.0 Å². The molecule has 0 atom stereocenters. The van der Waals surface area contributed by atoms with Crippen molar-refractivity contribution >= 4 is 21.4 Å². The largest absolute Gasteiger partial charge is 0.497 e. The number of hydrogen-bond donors (Lipinski definition) is 1. The van der Waals surface area contributed by atoms with E-state index in [1.54, 1.807) is 31.4 Å². The zero-order chi connectivity index (χ0) is 20.4. The number of sulfone groups is 1. The number of carbonyl (C=O) groups is 1. The number of anilines is 1. The van der Waals surface area contributed by atoms with Crippen molar-refractivity contribution in [1.29, 1.82) is 0 Å². The van der Waals surface area contributed by atoms with Gasteiger partial charge in [0.05, 0.1) is 29.8 Å². The first-order valence-electron chi connectivity index (χ1n) is 9.19. The zero-order valence-corrected chi connectivity index (χ0v) is 17.1. The Hall–Kier alpha value is -2.54. The average Bonchev–Trinajstić information content (AvgIpc) is 2.90. The standard InChI is InChI=1S/C21H25NO5S/c1-21(2)18-14-16(8-11-19(18)22-20(21)23)27-12-4-5-13-28(24,25)17-9-6-15(26-3)7-10-17/h6-11,14H,4-5,12-13H2,1-3H3,(H,22,23). The molecule has 2 aromatic carbocycles. The number of methoxy groups -OCH3 is 1. The molecule has 150 valence electrons. The Morgan fingerprint density at radius 3 is 2.36 bits per heavy atom. The van der Waals surface area contributed by atoms with E-state index in [1.807, 2.05) is 32.0 Å². The second kappa shape index (κ2) is 7.83. The summed E-state index contributed by atoms with van der Waals surface area (Å²) in [6.07, 6.45) is 1.12. The van der Waals surface area contributed by atoms with E-state index in [0.29, 0.717) is 35.8 Å². The lowest BCUT2D eigenvalue weighted by Gasteiger charge is -2.16. The quantitative estimate of drug-likeness (QED) is 0.682. The van der Waals surface area contributed by atoms with Crippen LogP contribution in [0.15, 0.2) is 47.4 Å². The van der Waals surface area contributed by atoms with Crippen LogP contribution in [0.1, 0.15) is 32.3 Å². The monoisotopic (exact) mass is 403 g/mol. The van der Waals surface area contributed by atoms with Crippen LogP contribution in [0.2, 0.25) is 0 Å². The van der Waals surface area contributed by atoms with Crippen LogP contribution in [0.5, 0.6) is 11.5 Å². The summed E-state index contributed by atoms with van der Waals surface area (Å²) in [6, 6.07) is 11.9. The van der Waals surface area contributed by atoms with E-state index < -0.39 is 15.3 Å². The van der Waals surface area contributed by atoms with Crippen LogP contribution in [-0.4, -0.2) is 33.8 Å². The Labute approximate surface area is 165 Å². The summed E-state index contributed by atoms with van der Waals surface area (Å²) in [5, 5.41) is 2.86. The van der Waals surface area contributed by atoms with Crippen molar-refractivity contribution in [2.75, 3.05) is 24.8 Å². The molecule has 0 radical (unpaired) electrons. The minimum atomic E-state index is -3.32. The molecule has 1 N–H and O–H groups in total. The van der Waals surface area contributed by atoms with Gasteiger partial charge in [0.2, 0.25) is 5.91 Å². The highest BCUT2D eigenvalue weighted by molar-refractivity contribution is 7.91. The van der Waals surface area contributed by atoms with Gasteiger partial charge in [0.1, 0.15) is 11.5 Å². The SMILES string of the molecule is COc1ccc(S(=O)(=O)CCCCOc2ccc3c(c2)C(C)(C)C(=O)N3)cc1. The van der Waals surface area contributed by atoms with Crippen LogP contribution >= 0.6 is 0 Å². The highest BCUT2D eigenvalue weighted by Crippen LogP contribution is 2.39. The maximum absolute atomic E-state index is 12.4. The van der Waals surface area contributed by atoms with Gasteiger partial charge >= 0.3 is 0 Å². The highest BCUT2D eigenvalue weighted by atomic mass is 32.2. The topological polar surface area (TPSA) is 81.7 Å². The molecule has 0 spiro atoms. The number of amides is 1. The Balaban J connectivity index is 1.50. The van der Waals surface area contributed by atoms with Crippen molar-refractivity contribution in [3.63, 3.8) is 0 Å². The Bertz CT molecular complexity index is 965. The van der Waals surface area contributed by atoms with Crippen molar-refractivity contribution in [1.82, 2.24) is 0 Å². The van der Waals surface area contributed by atoms with Crippen LogP contribution in [0.25, 0.3) is 0 Å². The van der Waals surface area contributed by atoms with Crippen molar-refractivity contribution in [2.45, 2.75) is 37.0 Å². The first-order valence-corrected chi connectivity index (χ1v) is 10.8. The summed E-state index contributed by atoms with van der Waals surface area (Å²) >= 11 is 0. The number of ether oxygens (including phenoxy) is 2. The summed E-state index contributed by atoms with van der Waals surface area (Å²) in [5.41, 5.74) is 1.14. The van der Waals surface area contributed by atoms with E-state index in [-0.39, 0.29) is 11.7 Å². The molecule has 0 fully saturated rings. The molecule has 28 heavy (non-hydrogen) atoms. The second-order valence-corrected chi connectivity index (χ2v) is 9.45. The van der Waals surface area contributed by atoms with E-state index in [4.69, 9.17) is 9.47 Å². The third-order valence-corrected chi connectivity index (χ3v) is 6.79. The minimum absolute atomic E-state index is 0.0246. The van der Waals surface area contributed by atoms with E-state index in [0.717, 1.165) is 11.3 Å². The van der Waals surface area contributed by atoms with Gasteiger partial charge in [0, 0.05) is 5.69 Å². The first-order chi connectivity index (χ1) is 13.2. The molecule has 0 saturated carbocycles. The zero-order valence-electron chi connectivity index (χ0n) is 16.3. The fourth-order valence-electron chi connectivity index (χ4n) is 3.13. The number of carbonyl (C=O) groups excluding carboxylic acids is 1. The summed E-state index contributed by atoms with van der Waals surface area (Å²) in [7, 11) is -1.78. The van der Waals surface area contributed by atoms with E-state index in [9.17, 15) is 13.2 Å². The molecule has 6 nitrogen and oxygen atoms in total. The van der Waals surface area contributed by atoms with Gasteiger partial charge in [-0.05, 0) is 74.7 Å². The minimum Gasteiger partial charge on any atom is -0.497 e. The summed E-state index contributed by atoms with van der Waals surface area (Å²) < 4.78 is 35.6. The van der Waals surface area contributed by atoms with E-state index >= 15 is 0 Å². The van der Waals surface area contributed by atoms with Gasteiger partial charge in [-0.2, -0.15) is 0 Å². The van der Waals surface area contributed by atoms with E-state index in [2.05, 4.69) is 5.32 Å². The molecule has 1 heterocycles. The number of nitrogens with one attached hydrogen (secondary N) is 1. The molecule has 1 amide bonds. The van der Waals surface area contributed by atoms with Crippen LogP contribution in [0.3, 0.4) is 0 Å². The first kappa shape index (κ1) is 20.2. The third kappa shape index (κ3) is 4.14. The molecular weight excluding hydrogens is 378 g/mol. The van der Waals surface area contributed by atoms with Crippen molar-refractivity contribution < 1.29 is 22.7 Å². The van der Waals surface area contributed by atoms with Gasteiger partial charge in [-0.25, -0.2) is 8.42 Å². The average molecular weight is 404 g/mol. The molecule has 1 aliphatic rings. The molecule has 0 bridgehead atoms. The van der Waals surface area contributed by atoms with Crippen molar-refractivity contribution in [3.05, 3.63) is 48.0 Å². The summed E-state index contributed by atoms with van der Waals surface area (Å²) in [5.74, 6) is 1.35. The molecule has 0 aromatic heterocycles. The summed E-state index contributed by atoms with van der Waals surface area (Å²) in [4.78, 5) is 12.3. The van der Waals surface area contributed by atoms with Gasteiger partial charge < -0.3 is 14.8 Å². The fraction of sp³-hybridized carbons (Fsp3) is 0.381. The second-order valence-electron chi connectivity index (χ2n) is 7.34. The maximum Gasteiger partial charge on any atom is 0.234 e. The van der Waals surface area contributed by atoms with Gasteiger partial charge in [0.15, 0.2) is 9.84 Å². The van der Waals surface area contributed by atoms with Gasteiger partial charge in [-0.15, -0.1) is 0 Å². The fourth-order valence-corrected chi connectivity index (χ4v) is 4.50. The smallest absolute Gasteiger partial charge is 0.234 e. The molecule has 0 unspecified atom stereocenters. The third-order valence-electron chi connectivity index (χ3n) is 4.97. The van der Waals surface area contributed by atoms with Gasteiger partial charge in [-0.1, -0.05) is 0 Å². The molecule has 3 rings (SSSR count). The molecular formula is C21H25NO5S. The normalized spacial score (nSPS) is 15.0. The van der Waals surface area contributed by atoms with Crippen molar-refractivity contribution in [2.24, 2.45) is 0 Å². The van der Waals surface area contributed by atoms with E-state index in [1.165, 1.54) is 0 Å². The lowest BCUT2D eigenvalue weighted by Crippen LogP contribution is -2.26. The number of hydrogen-bond acceptors (Lipinski definition) is 5. The Morgan fingerprint density at radius 2 is 1.68 bits per heavy atom. The lowest BCUT2D eigenvalue weighted by atomic mass is 9.86. The Kier molecular flexibility index (Phi) is 5.65. The van der Waals surface area contributed by atoms with Crippen LogP contribution in [0.4, 0.5) is 5.69 Å². The molecule has 1 aliphatic heterocycles. The molecule has 0 aliphatic carbocycles. The number of fused-ring (bicyclic) bond motifs is 1. The predicted molar refractivity (Wildman–Crippen MR) is 108 cm³/mol. The summed E-state index contributed by atoms with van der Waals surface area (Å²) in [6.45, 7) is 4.17. The van der Waals surface area contributed by atoms with Gasteiger partial charge in [0.25, 0.3) is 0 Å². The lowest BCUT2D eigenvalue weighted by molar-refractivity contribution is -0.119. The predicted octanol–water partition coefficient (Wildman–Crippen LogP) is 3.56. The number of rotatable bonds is 8. The molecule has 0 saturated heterocycles. The number of benzene rings is 2. The maximum atomic E-state index is 12.4. The van der Waals surface area contributed by atoms with Crippen LogP contribution in [0, 0.1) is 0 Å². The molecule has 7 heteroatoms.